The quantitative estimate of drug-likeness (QED) is 0.464. The highest BCUT2D eigenvalue weighted by Gasteiger charge is 2.20. The minimum absolute atomic E-state index is 0.141. The molecule has 0 atom stereocenters. The molecule has 0 aliphatic heterocycles. The van der Waals surface area contributed by atoms with Crippen molar-refractivity contribution in [3.05, 3.63) is 47.9 Å². The molecule has 3 aromatic rings. The average molecular weight is 400 g/mol. The van der Waals surface area contributed by atoms with Crippen LogP contribution in [0.25, 0.3) is 11.4 Å². The van der Waals surface area contributed by atoms with Gasteiger partial charge in [-0.05, 0) is 25.1 Å². The van der Waals surface area contributed by atoms with Gasteiger partial charge in [0.25, 0.3) is 0 Å². The average Bonchev–Trinajstić information content (AvgIpc) is 3.29. The zero-order valence-electron chi connectivity index (χ0n) is 16.0. The summed E-state index contributed by atoms with van der Waals surface area (Å²) in [6.45, 7) is 1.86. The van der Waals surface area contributed by atoms with Crippen LogP contribution in [-0.2, 0) is 16.6 Å². The Balaban J connectivity index is 1.72. The van der Waals surface area contributed by atoms with Crippen LogP contribution in [0, 0.1) is 6.92 Å². The van der Waals surface area contributed by atoms with Crippen LogP contribution in [0.4, 0.5) is 5.69 Å². The molecular weight excluding hydrogens is 380 g/mol. The Bertz CT molecular complexity index is 1010. The van der Waals surface area contributed by atoms with Gasteiger partial charge in [0.15, 0.2) is 11.0 Å². The number of hydrogen-bond donors (Lipinski definition) is 0. The van der Waals surface area contributed by atoms with E-state index in [1.807, 2.05) is 24.6 Å². The third kappa shape index (κ3) is 3.79. The number of ether oxygens (including phenoxy) is 1. The van der Waals surface area contributed by atoms with Crippen LogP contribution < -0.4 is 4.90 Å². The van der Waals surface area contributed by atoms with Crippen molar-refractivity contribution >= 4 is 29.3 Å². The van der Waals surface area contributed by atoms with Crippen LogP contribution >= 0.6 is 11.8 Å². The summed E-state index contributed by atoms with van der Waals surface area (Å²) in [5.74, 6) is 0.900. The van der Waals surface area contributed by atoms with Crippen molar-refractivity contribution in [2.45, 2.75) is 12.1 Å². The van der Waals surface area contributed by atoms with Crippen molar-refractivity contribution in [1.82, 2.24) is 14.8 Å². The fourth-order valence-corrected chi connectivity index (χ4v) is 3.52. The minimum Gasteiger partial charge on any atom is -0.469 e. The summed E-state index contributed by atoms with van der Waals surface area (Å²) in [7, 11) is 4.77. The number of carbonyl (C=O) groups excluding carboxylic acids is 2. The number of furan rings is 1. The Morgan fingerprint density at radius 2 is 2.00 bits per heavy atom. The van der Waals surface area contributed by atoms with Crippen LogP contribution in [0.1, 0.15) is 16.1 Å². The molecule has 0 saturated carbocycles. The number of thioether (sulfide) groups is 1. The van der Waals surface area contributed by atoms with Gasteiger partial charge in [0.05, 0.1) is 35.9 Å². The van der Waals surface area contributed by atoms with E-state index in [0.29, 0.717) is 22.2 Å². The van der Waals surface area contributed by atoms with E-state index in [1.165, 1.54) is 23.8 Å². The van der Waals surface area contributed by atoms with E-state index in [-0.39, 0.29) is 11.7 Å². The molecule has 1 aromatic carbocycles. The lowest BCUT2D eigenvalue weighted by atomic mass is 10.1. The SMILES string of the molecule is COC(=O)c1ccccc1N(C)C(=O)CSc1nnc(-c2ccoc2C)n1C. The normalized spacial score (nSPS) is 10.7. The molecule has 0 N–H and O–H groups in total. The summed E-state index contributed by atoms with van der Waals surface area (Å²) in [5.41, 5.74) is 1.69. The van der Waals surface area contributed by atoms with Gasteiger partial charge >= 0.3 is 5.97 Å². The van der Waals surface area contributed by atoms with E-state index >= 15 is 0 Å². The number of benzene rings is 1. The second kappa shape index (κ2) is 8.30. The topological polar surface area (TPSA) is 90.5 Å². The van der Waals surface area contributed by atoms with Crippen molar-refractivity contribution < 1.29 is 18.7 Å². The highest BCUT2D eigenvalue weighted by Crippen LogP contribution is 2.27. The summed E-state index contributed by atoms with van der Waals surface area (Å²) in [5, 5.41) is 8.97. The molecule has 0 aliphatic rings. The molecule has 0 fully saturated rings. The van der Waals surface area contributed by atoms with Crippen LogP contribution in [0.15, 0.2) is 46.2 Å². The van der Waals surface area contributed by atoms with Crippen LogP contribution in [0.2, 0.25) is 0 Å². The third-order valence-corrected chi connectivity index (χ3v) is 5.31. The van der Waals surface area contributed by atoms with E-state index in [0.717, 1.165) is 11.3 Å². The Morgan fingerprint density at radius 1 is 1.25 bits per heavy atom. The summed E-state index contributed by atoms with van der Waals surface area (Å²) in [4.78, 5) is 26.0. The molecule has 0 bridgehead atoms. The fourth-order valence-electron chi connectivity index (χ4n) is 2.70. The third-order valence-electron chi connectivity index (χ3n) is 4.30. The van der Waals surface area contributed by atoms with Gasteiger partial charge in [0.1, 0.15) is 5.76 Å². The first-order chi connectivity index (χ1) is 13.4. The lowest BCUT2D eigenvalue weighted by molar-refractivity contribution is -0.115. The second-order valence-corrected chi connectivity index (χ2v) is 6.95. The number of carbonyl (C=O) groups is 2. The molecule has 2 aromatic heterocycles. The molecule has 146 valence electrons. The Labute approximate surface area is 166 Å². The van der Waals surface area contributed by atoms with Crippen molar-refractivity contribution in [3.8, 4) is 11.4 Å². The van der Waals surface area contributed by atoms with Crippen LogP contribution in [0.3, 0.4) is 0 Å². The number of methoxy groups -OCH3 is 1. The number of rotatable bonds is 6. The largest absolute Gasteiger partial charge is 0.469 e. The maximum absolute atomic E-state index is 12.7. The van der Waals surface area contributed by atoms with Gasteiger partial charge in [0, 0.05) is 14.1 Å². The summed E-state index contributed by atoms with van der Waals surface area (Å²) < 4.78 is 11.9. The Hall–Kier alpha value is -3.07. The van der Waals surface area contributed by atoms with Crippen LogP contribution in [-0.4, -0.2) is 46.6 Å². The number of amides is 1. The van der Waals surface area contributed by atoms with Gasteiger partial charge in [-0.15, -0.1) is 10.2 Å². The van der Waals surface area contributed by atoms with Gasteiger partial charge in [-0.2, -0.15) is 0 Å². The maximum atomic E-state index is 12.7. The summed E-state index contributed by atoms with van der Waals surface area (Å²) in [6.07, 6.45) is 1.60. The molecule has 8 nitrogen and oxygen atoms in total. The van der Waals surface area contributed by atoms with E-state index in [9.17, 15) is 9.59 Å². The Morgan fingerprint density at radius 3 is 2.68 bits per heavy atom. The lowest BCUT2D eigenvalue weighted by Crippen LogP contribution is -2.29. The molecule has 9 heteroatoms. The van der Waals surface area contributed by atoms with Gasteiger partial charge in [-0.1, -0.05) is 23.9 Å². The van der Waals surface area contributed by atoms with Crippen molar-refractivity contribution in [1.29, 1.82) is 0 Å². The predicted octanol–water partition coefficient (Wildman–Crippen LogP) is 2.93. The number of anilines is 1. The number of aryl methyl sites for hydroxylation is 1. The number of esters is 1. The van der Waals surface area contributed by atoms with Crippen molar-refractivity contribution in [2.75, 3.05) is 24.8 Å². The highest BCUT2D eigenvalue weighted by atomic mass is 32.2. The lowest BCUT2D eigenvalue weighted by Gasteiger charge is -2.19. The molecule has 0 saturated heterocycles. The molecule has 0 aliphatic carbocycles. The molecule has 1 amide bonds. The molecule has 0 radical (unpaired) electrons. The maximum Gasteiger partial charge on any atom is 0.339 e. The first-order valence-corrected chi connectivity index (χ1v) is 9.43. The number of hydrogen-bond acceptors (Lipinski definition) is 7. The van der Waals surface area contributed by atoms with Gasteiger partial charge in [-0.25, -0.2) is 4.79 Å². The smallest absolute Gasteiger partial charge is 0.339 e. The van der Waals surface area contributed by atoms with Crippen molar-refractivity contribution in [3.63, 3.8) is 0 Å². The number of para-hydroxylation sites is 1. The van der Waals surface area contributed by atoms with Crippen LogP contribution in [0.5, 0.6) is 0 Å². The van der Waals surface area contributed by atoms with Gasteiger partial charge in [-0.3, -0.25) is 4.79 Å². The first-order valence-electron chi connectivity index (χ1n) is 8.44. The zero-order valence-corrected chi connectivity index (χ0v) is 16.8. The highest BCUT2D eigenvalue weighted by molar-refractivity contribution is 7.99. The Kier molecular flexibility index (Phi) is 5.84. The molecule has 28 heavy (non-hydrogen) atoms. The zero-order chi connectivity index (χ0) is 20.3. The van der Waals surface area contributed by atoms with E-state index in [1.54, 1.807) is 37.6 Å². The van der Waals surface area contributed by atoms with E-state index < -0.39 is 5.97 Å². The van der Waals surface area contributed by atoms with E-state index in [2.05, 4.69) is 10.2 Å². The number of aromatic nitrogens is 3. The summed E-state index contributed by atoms with van der Waals surface area (Å²) >= 11 is 1.27. The summed E-state index contributed by atoms with van der Waals surface area (Å²) in [6, 6.07) is 8.65. The minimum atomic E-state index is -0.490. The predicted molar refractivity (Wildman–Crippen MR) is 105 cm³/mol. The molecular formula is C19H20N4O4S. The fraction of sp³-hybridized carbons (Fsp3) is 0.263. The van der Waals surface area contributed by atoms with Crippen molar-refractivity contribution in [2.24, 2.45) is 7.05 Å². The number of nitrogens with zero attached hydrogens (tertiary/aromatic N) is 4. The first kappa shape index (κ1) is 19.7. The monoisotopic (exact) mass is 400 g/mol. The molecule has 3 rings (SSSR count). The second-order valence-electron chi connectivity index (χ2n) is 6.01. The van der Waals surface area contributed by atoms with Gasteiger partial charge < -0.3 is 18.6 Å². The van der Waals surface area contributed by atoms with E-state index in [4.69, 9.17) is 9.15 Å². The standard InChI is InChI=1S/C19H20N4O4S/c1-12-13(9-10-27-12)17-20-21-19(23(17)3)28-11-16(24)22(2)15-8-6-5-7-14(15)18(25)26-4/h5-10H,11H2,1-4H3. The molecule has 0 unspecified atom stereocenters. The molecule has 0 spiro atoms. The van der Waals surface area contributed by atoms with Gasteiger partial charge in [0.2, 0.25) is 5.91 Å². The molecule has 2 heterocycles.